The van der Waals surface area contributed by atoms with Crippen LogP contribution in [0.25, 0.3) is 0 Å². The molecule has 14 heteroatoms. The number of ether oxygens (including phenoxy) is 2. The number of aliphatic hydroxyl groups is 2. The summed E-state index contributed by atoms with van der Waals surface area (Å²) >= 11 is 1.36. The van der Waals surface area contributed by atoms with E-state index in [9.17, 15) is 29.4 Å². The molecular formula is C40H63N5O8S. The average Bonchev–Trinajstić information content (AvgIpc) is 3.59. The minimum absolute atomic E-state index is 0.0674. The predicted octanol–water partition coefficient (Wildman–Crippen LogP) is 4.82. The fraction of sp³-hybridized carbons (Fsp3) is 0.675. The van der Waals surface area contributed by atoms with Gasteiger partial charge >= 0.3 is 6.09 Å². The normalized spacial score (nSPS) is 16.7. The number of hydrogen-bond donors (Lipinski definition) is 6. The Bertz CT molecular complexity index is 1470. The largest absolute Gasteiger partial charge is 0.497 e. The summed E-state index contributed by atoms with van der Waals surface area (Å²) in [5.74, 6) is -0.576. The van der Waals surface area contributed by atoms with Crippen molar-refractivity contribution in [3.63, 3.8) is 0 Å². The molecule has 1 heterocycles. The fourth-order valence-electron chi connectivity index (χ4n) is 6.75. The van der Waals surface area contributed by atoms with E-state index in [2.05, 4.69) is 26.3 Å². The molecule has 0 unspecified atom stereocenters. The van der Waals surface area contributed by atoms with Crippen LogP contribution in [0.5, 0.6) is 5.75 Å². The minimum atomic E-state index is -1.20. The molecule has 4 amide bonds. The van der Waals surface area contributed by atoms with Crippen molar-refractivity contribution in [3.05, 3.63) is 46.4 Å². The zero-order valence-electron chi connectivity index (χ0n) is 33.3. The van der Waals surface area contributed by atoms with Gasteiger partial charge in [0.1, 0.15) is 29.5 Å². The van der Waals surface area contributed by atoms with Crippen LogP contribution >= 0.6 is 11.3 Å². The number of carbonyl (C=O) groups excluding carboxylic acids is 4. The van der Waals surface area contributed by atoms with Crippen molar-refractivity contribution in [1.29, 1.82) is 0 Å². The van der Waals surface area contributed by atoms with Crippen molar-refractivity contribution < 1.29 is 38.9 Å². The van der Waals surface area contributed by atoms with Crippen molar-refractivity contribution in [1.82, 2.24) is 26.3 Å². The van der Waals surface area contributed by atoms with Crippen LogP contribution in [-0.4, -0.2) is 87.6 Å². The van der Waals surface area contributed by atoms with Gasteiger partial charge in [0.05, 0.1) is 30.5 Å². The molecule has 1 fully saturated rings. The Balaban J connectivity index is 1.86. The van der Waals surface area contributed by atoms with Crippen molar-refractivity contribution >= 4 is 35.2 Å². The molecule has 5 atom stereocenters. The number of benzene rings is 1. The SMILES string of the molecule is COc1ccc(C[C@H](NC(=O)CC(C)(C)NC(=O)OC(C)(C)C)C(=O)N[C@@H](Cc2cscn2)C(=O)N[C@@H](CC2CCCCC2)[C@@H](O)[C@@H](O)CC(C)C)cc1. The second-order valence-electron chi connectivity index (χ2n) is 16.6. The number of aliphatic hydroxyl groups excluding tert-OH is 2. The molecule has 3 rings (SSSR count). The molecule has 302 valence electrons. The number of nitrogens with one attached hydrogen (secondary N) is 4. The van der Waals surface area contributed by atoms with E-state index >= 15 is 0 Å². The molecule has 2 aromatic rings. The maximum absolute atomic E-state index is 14.2. The number of aromatic nitrogens is 1. The number of methoxy groups -OCH3 is 1. The molecule has 1 aliphatic carbocycles. The molecule has 0 saturated heterocycles. The van der Waals surface area contributed by atoms with Gasteiger partial charge < -0.3 is 41.0 Å². The zero-order chi connectivity index (χ0) is 40.1. The number of rotatable bonds is 19. The molecule has 6 N–H and O–H groups in total. The lowest BCUT2D eigenvalue weighted by Crippen LogP contribution is -2.59. The first kappa shape index (κ1) is 44.6. The smallest absolute Gasteiger partial charge is 0.408 e. The van der Waals surface area contributed by atoms with Gasteiger partial charge in [0.2, 0.25) is 17.7 Å². The molecule has 1 aromatic carbocycles. The summed E-state index contributed by atoms with van der Waals surface area (Å²) in [6.07, 6.45) is 3.23. The van der Waals surface area contributed by atoms with E-state index in [4.69, 9.17) is 9.47 Å². The molecular weight excluding hydrogens is 711 g/mol. The van der Waals surface area contributed by atoms with Gasteiger partial charge in [-0.15, -0.1) is 11.3 Å². The van der Waals surface area contributed by atoms with Gasteiger partial charge in [-0.1, -0.05) is 58.1 Å². The van der Waals surface area contributed by atoms with Crippen LogP contribution in [0.3, 0.4) is 0 Å². The molecule has 1 saturated carbocycles. The molecule has 1 aliphatic rings. The van der Waals surface area contributed by atoms with Gasteiger partial charge in [-0.05, 0) is 77.0 Å². The average molecular weight is 774 g/mol. The minimum Gasteiger partial charge on any atom is -0.497 e. The summed E-state index contributed by atoms with van der Waals surface area (Å²) in [5, 5.41) is 35.5. The Labute approximate surface area is 324 Å². The molecule has 0 spiro atoms. The predicted molar refractivity (Wildman–Crippen MR) is 209 cm³/mol. The van der Waals surface area contributed by atoms with Gasteiger partial charge in [-0.25, -0.2) is 9.78 Å². The monoisotopic (exact) mass is 773 g/mol. The Morgan fingerprint density at radius 2 is 1.54 bits per heavy atom. The fourth-order valence-corrected chi connectivity index (χ4v) is 7.32. The van der Waals surface area contributed by atoms with Gasteiger partial charge in [0, 0.05) is 30.2 Å². The maximum Gasteiger partial charge on any atom is 0.408 e. The van der Waals surface area contributed by atoms with E-state index < -0.39 is 65.3 Å². The van der Waals surface area contributed by atoms with Gasteiger partial charge in [0.25, 0.3) is 0 Å². The van der Waals surface area contributed by atoms with Crippen molar-refractivity contribution in [2.24, 2.45) is 11.8 Å². The highest BCUT2D eigenvalue weighted by Gasteiger charge is 2.35. The number of nitrogens with zero attached hydrogens (tertiary/aromatic N) is 1. The van der Waals surface area contributed by atoms with Crippen LogP contribution in [0.1, 0.15) is 111 Å². The zero-order valence-corrected chi connectivity index (χ0v) is 34.1. The van der Waals surface area contributed by atoms with Crippen LogP contribution in [-0.2, 0) is 32.0 Å². The van der Waals surface area contributed by atoms with Crippen molar-refractivity contribution in [3.8, 4) is 5.75 Å². The molecule has 0 bridgehead atoms. The van der Waals surface area contributed by atoms with E-state index in [0.29, 0.717) is 24.3 Å². The highest BCUT2D eigenvalue weighted by atomic mass is 32.1. The topological polar surface area (TPSA) is 188 Å². The number of alkyl carbamates (subject to hydrolysis) is 1. The van der Waals surface area contributed by atoms with Crippen molar-refractivity contribution in [2.75, 3.05) is 7.11 Å². The third-order valence-corrected chi connectivity index (χ3v) is 10.0. The van der Waals surface area contributed by atoms with E-state index in [-0.39, 0.29) is 31.1 Å². The summed E-state index contributed by atoms with van der Waals surface area (Å²) in [6.45, 7) is 12.5. The summed E-state index contributed by atoms with van der Waals surface area (Å²) in [5.41, 5.74) is 1.22. The number of hydrogen-bond acceptors (Lipinski definition) is 10. The van der Waals surface area contributed by atoms with E-state index in [0.717, 1.165) is 37.7 Å². The highest BCUT2D eigenvalue weighted by molar-refractivity contribution is 7.07. The first-order valence-corrected chi connectivity index (χ1v) is 20.1. The lowest BCUT2D eigenvalue weighted by molar-refractivity contribution is -0.133. The molecule has 13 nitrogen and oxygen atoms in total. The summed E-state index contributed by atoms with van der Waals surface area (Å²) < 4.78 is 10.7. The summed E-state index contributed by atoms with van der Waals surface area (Å²) in [7, 11) is 1.55. The van der Waals surface area contributed by atoms with Gasteiger partial charge in [-0.2, -0.15) is 0 Å². The van der Waals surface area contributed by atoms with Crippen LogP contribution in [0.2, 0.25) is 0 Å². The Hall–Kier alpha value is -3.75. The second-order valence-corrected chi connectivity index (χ2v) is 17.4. The lowest BCUT2D eigenvalue weighted by Gasteiger charge is -2.34. The lowest BCUT2D eigenvalue weighted by atomic mass is 9.82. The van der Waals surface area contributed by atoms with E-state index in [1.165, 1.54) is 11.3 Å². The Morgan fingerprint density at radius 1 is 0.907 bits per heavy atom. The van der Waals surface area contributed by atoms with Crippen molar-refractivity contribution in [2.45, 2.75) is 154 Å². The van der Waals surface area contributed by atoms with Crippen LogP contribution < -0.4 is 26.0 Å². The molecule has 1 aromatic heterocycles. The number of thiazole rings is 1. The van der Waals surface area contributed by atoms with Crippen LogP contribution in [0, 0.1) is 11.8 Å². The third kappa shape index (κ3) is 15.9. The third-order valence-electron chi connectivity index (χ3n) is 9.38. The first-order valence-electron chi connectivity index (χ1n) is 19.1. The Kier molecular flexibility index (Phi) is 17.2. The Morgan fingerprint density at radius 3 is 2.11 bits per heavy atom. The number of amides is 4. The molecule has 54 heavy (non-hydrogen) atoms. The van der Waals surface area contributed by atoms with E-state index in [1.54, 1.807) is 76.9 Å². The second kappa shape index (κ2) is 20.8. The molecule has 0 aliphatic heterocycles. The first-order chi connectivity index (χ1) is 25.3. The number of carbonyl (C=O) groups is 4. The van der Waals surface area contributed by atoms with Crippen LogP contribution in [0.15, 0.2) is 35.2 Å². The quantitative estimate of drug-likeness (QED) is 0.116. The van der Waals surface area contributed by atoms with Gasteiger partial charge in [0.15, 0.2) is 0 Å². The summed E-state index contributed by atoms with van der Waals surface area (Å²) in [6, 6.07) is 4.14. The standard InChI is InChI=1S/C40H63N5O8S/c1-25(2)18-33(46)35(48)30(19-26-12-10-9-11-13-26)43-37(50)32(21-28-23-54-24-41-28)44-36(49)31(20-27-14-16-29(52-8)17-15-27)42-34(47)22-40(6,7)45-38(51)53-39(3,4)5/h14-17,23-26,30-33,35,46,48H,9-13,18-22H2,1-8H3,(H,42,47)(H,43,50)(H,44,49)(H,45,51)/t30-,31-,32-,33-,35+/m0/s1. The maximum atomic E-state index is 14.2. The van der Waals surface area contributed by atoms with Gasteiger partial charge in [-0.3, -0.25) is 14.4 Å². The highest BCUT2D eigenvalue weighted by Crippen LogP contribution is 2.29. The summed E-state index contributed by atoms with van der Waals surface area (Å²) in [4.78, 5) is 58.7. The van der Waals surface area contributed by atoms with E-state index in [1.807, 2.05) is 13.8 Å². The molecule has 0 radical (unpaired) electrons. The van der Waals surface area contributed by atoms with Crippen LogP contribution in [0.4, 0.5) is 4.79 Å².